The van der Waals surface area contributed by atoms with Crippen molar-refractivity contribution in [2.75, 3.05) is 0 Å². The Morgan fingerprint density at radius 3 is 1.62 bits per heavy atom. The SMILES string of the molecule is C/C=C(C)/C(C)=C(C)\C(C)=C(/C)F. The van der Waals surface area contributed by atoms with Crippen molar-refractivity contribution >= 4 is 0 Å². The van der Waals surface area contributed by atoms with Crippen LogP contribution in [0.3, 0.4) is 0 Å². The maximum atomic E-state index is 12.9. The van der Waals surface area contributed by atoms with Gasteiger partial charge < -0.3 is 0 Å². The molecule has 0 radical (unpaired) electrons. The summed E-state index contributed by atoms with van der Waals surface area (Å²) in [6, 6.07) is 0. The largest absolute Gasteiger partial charge is 0.212 e. The molecule has 0 rings (SSSR count). The molecule has 0 aromatic rings. The molecule has 1 heteroatoms. The van der Waals surface area contributed by atoms with Crippen molar-refractivity contribution < 1.29 is 4.39 Å². The first kappa shape index (κ1) is 12.2. The van der Waals surface area contributed by atoms with E-state index in [2.05, 4.69) is 0 Å². The molecule has 0 amide bonds. The Hall–Kier alpha value is -0.850. The van der Waals surface area contributed by atoms with Gasteiger partial charge in [0, 0.05) is 0 Å². The van der Waals surface area contributed by atoms with Crippen LogP contribution in [0, 0.1) is 0 Å². The highest BCUT2D eigenvalue weighted by atomic mass is 19.1. The summed E-state index contributed by atoms with van der Waals surface area (Å²) in [6.45, 7) is 11.3. The van der Waals surface area contributed by atoms with E-state index in [1.54, 1.807) is 0 Å². The van der Waals surface area contributed by atoms with Crippen molar-refractivity contribution in [1.29, 1.82) is 0 Å². The highest BCUT2D eigenvalue weighted by Gasteiger charge is 2.03. The third-order valence-electron chi connectivity index (χ3n) is 2.67. The van der Waals surface area contributed by atoms with Gasteiger partial charge in [0.05, 0.1) is 5.83 Å². The molecule has 0 aromatic heterocycles. The highest BCUT2D eigenvalue weighted by molar-refractivity contribution is 5.41. The molecule has 13 heavy (non-hydrogen) atoms. The first-order valence-electron chi connectivity index (χ1n) is 4.56. The molecular formula is C12H19F. The average molecular weight is 182 g/mol. The predicted octanol–water partition coefficient (Wildman–Crippen LogP) is 4.55. The van der Waals surface area contributed by atoms with E-state index in [4.69, 9.17) is 0 Å². The molecule has 0 N–H and O–H groups in total. The van der Waals surface area contributed by atoms with Crippen LogP contribution < -0.4 is 0 Å². The van der Waals surface area contributed by atoms with Crippen LogP contribution in [-0.2, 0) is 0 Å². The van der Waals surface area contributed by atoms with E-state index < -0.39 is 0 Å². The maximum absolute atomic E-state index is 12.9. The molecule has 0 heterocycles. The first-order valence-corrected chi connectivity index (χ1v) is 4.56. The zero-order valence-electron chi connectivity index (χ0n) is 9.46. The number of allylic oxidation sites excluding steroid dienone is 6. The molecule has 0 atom stereocenters. The van der Waals surface area contributed by atoms with Gasteiger partial charge in [-0.3, -0.25) is 0 Å². The monoisotopic (exact) mass is 182 g/mol. The Kier molecular flexibility index (Phi) is 4.68. The van der Waals surface area contributed by atoms with Gasteiger partial charge in [0.25, 0.3) is 0 Å². The Balaban J connectivity index is 5.17. The van der Waals surface area contributed by atoms with Gasteiger partial charge in [0.15, 0.2) is 0 Å². The predicted molar refractivity (Wildman–Crippen MR) is 57.3 cm³/mol. The zero-order valence-corrected chi connectivity index (χ0v) is 9.46. The molecule has 0 aliphatic rings. The standard InChI is InChI=1S/C12H19F/c1-7-8(2)9(3)10(4)11(5)12(6)13/h7H,1-6H3/b8-7+,10-9-,12-11+. The molecule has 0 aliphatic carbocycles. The van der Waals surface area contributed by atoms with Crippen molar-refractivity contribution in [2.45, 2.75) is 41.5 Å². The molecule has 0 saturated carbocycles. The highest BCUT2D eigenvalue weighted by Crippen LogP contribution is 2.22. The Morgan fingerprint density at radius 2 is 1.31 bits per heavy atom. The van der Waals surface area contributed by atoms with Crippen LogP contribution >= 0.6 is 0 Å². The topological polar surface area (TPSA) is 0 Å². The quantitative estimate of drug-likeness (QED) is 0.549. The summed E-state index contributed by atoms with van der Waals surface area (Å²) >= 11 is 0. The summed E-state index contributed by atoms with van der Waals surface area (Å²) in [5, 5.41) is 0. The van der Waals surface area contributed by atoms with Crippen molar-refractivity contribution in [3.63, 3.8) is 0 Å². The number of hydrogen-bond acceptors (Lipinski definition) is 0. The minimum absolute atomic E-state index is 0.0965. The maximum Gasteiger partial charge on any atom is 0.1000 e. The van der Waals surface area contributed by atoms with E-state index in [9.17, 15) is 4.39 Å². The lowest BCUT2D eigenvalue weighted by Gasteiger charge is -2.08. The van der Waals surface area contributed by atoms with Gasteiger partial charge >= 0.3 is 0 Å². The normalized spacial score (nSPS) is 16.7. The Morgan fingerprint density at radius 1 is 0.846 bits per heavy atom. The number of rotatable bonds is 2. The number of hydrogen-bond donors (Lipinski definition) is 0. The summed E-state index contributed by atoms with van der Waals surface area (Å²) in [6.07, 6.45) is 2.04. The summed E-state index contributed by atoms with van der Waals surface area (Å²) < 4.78 is 12.9. The number of halogens is 1. The molecule has 0 nitrogen and oxygen atoms in total. The Bertz CT molecular complexity index is 273. The van der Waals surface area contributed by atoms with Crippen LogP contribution in [-0.4, -0.2) is 0 Å². The van der Waals surface area contributed by atoms with Gasteiger partial charge in [-0.05, 0) is 58.3 Å². The van der Waals surface area contributed by atoms with Crippen LogP contribution in [0.5, 0.6) is 0 Å². The van der Waals surface area contributed by atoms with Crippen LogP contribution in [0.4, 0.5) is 4.39 Å². The van der Waals surface area contributed by atoms with Crippen LogP contribution in [0.1, 0.15) is 41.5 Å². The van der Waals surface area contributed by atoms with Crippen molar-refractivity contribution in [3.05, 3.63) is 34.2 Å². The van der Waals surface area contributed by atoms with Gasteiger partial charge in [-0.1, -0.05) is 11.6 Å². The van der Waals surface area contributed by atoms with Gasteiger partial charge in [-0.25, -0.2) is 4.39 Å². The first-order chi connectivity index (χ1) is 5.91. The third kappa shape index (κ3) is 3.17. The molecule has 0 aliphatic heterocycles. The Labute approximate surface area is 80.9 Å². The summed E-state index contributed by atoms with van der Waals surface area (Å²) in [7, 11) is 0. The molecule has 0 spiro atoms. The lowest BCUT2D eigenvalue weighted by molar-refractivity contribution is 0.629. The van der Waals surface area contributed by atoms with Gasteiger partial charge in [-0.15, -0.1) is 0 Å². The van der Waals surface area contributed by atoms with Gasteiger partial charge in [-0.2, -0.15) is 0 Å². The van der Waals surface area contributed by atoms with E-state index in [1.165, 1.54) is 12.5 Å². The second-order valence-electron chi connectivity index (χ2n) is 3.38. The van der Waals surface area contributed by atoms with E-state index in [1.807, 2.05) is 40.7 Å². The fourth-order valence-corrected chi connectivity index (χ4v) is 1.05. The van der Waals surface area contributed by atoms with Crippen LogP contribution in [0.15, 0.2) is 34.2 Å². The van der Waals surface area contributed by atoms with Crippen molar-refractivity contribution in [2.24, 2.45) is 0 Å². The summed E-state index contributed by atoms with van der Waals surface area (Å²) in [5.41, 5.74) is 4.16. The smallest absolute Gasteiger partial charge is 0.1000 e. The fraction of sp³-hybridized carbons (Fsp3) is 0.500. The van der Waals surface area contributed by atoms with E-state index in [0.29, 0.717) is 0 Å². The lowest BCUT2D eigenvalue weighted by atomic mass is 9.98. The lowest BCUT2D eigenvalue weighted by Crippen LogP contribution is -1.89. The van der Waals surface area contributed by atoms with E-state index in [0.717, 1.165) is 16.7 Å². The second kappa shape index (κ2) is 5.00. The van der Waals surface area contributed by atoms with Crippen LogP contribution in [0.2, 0.25) is 0 Å². The molecule has 0 unspecified atom stereocenters. The van der Waals surface area contributed by atoms with E-state index >= 15 is 0 Å². The molecule has 0 saturated heterocycles. The molecule has 0 aromatic carbocycles. The molecule has 0 fully saturated rings. The minimum atomic E-state index is -0.0965. The molecular weight excluding hydrogens is 163 g/mol. The zero-order chi connectivity index (χ0) is 10.6. The van der Waals surface area contributed by atoms with Gasteiger partial charge in [0.2, 0.25) is 0 Å². The summed E-state index contributed by atoms with van der Waals surface area (Å²) in [5.74, 6) is -0.0965. The van der Waals surface area contributed by atoms with Crippen LogP contribution in [0.25, 0.3) is 0 Å². The van der Waals surface area contributed by atoms with Crippen molar-refractivity contribution in [1.82, 2.24) is 0 Å². The molecule has 0 bridgehead atoms. The minimum Gasteiger partial charge on any atom is -0.212 e. The molecule has 74 valence electrons. The second-order valence-corrected chi connectivity index (χ2v) is 3.38. The summed E-state index contributed by atoms with van der Waals surface area (Å²) in [4.78, 5) is 0. The van der Waals surface area contributed by atoms with E-state index in [-0.39, 0.29) is 5.83 Å². The van der Waals surface area contributed by atoms with Crippen molar-refractivity contribution in [3.8, 4) is 0 Å². The van der Waals surface area contributed by atoms with Gasteiger partial charge in [0.1, 0.15) is 0 Å². The average Bonchev–Trinajstić information content (AvgIpc) is 2.12. The third-order valence-corrected chi connectivity index (χ3v) is 2.67. The fourth-order valence-electron chi connectivity index (χ4n) is 1.05.